The van der Waals surface area contributed by atoms with Gasteiger partial charge in [-0.3, -0.25) is 4.79 Å². The van der Waals surface area contributed by atoms with E-state index in [0.717, 1.165) is 3.97 Å². The largest absolute Gasteiger partial charge is 1.00 e. The molecule has 1 rings (SSSR count). The Morgan fingerprint density at radius 2 is 1.73 bits per heavy atom. The van der Waals surface area contributed by atoms with Gasteiger partial charge in [0, 0.05) is 0 Å². The van der Waals surface area contributed by atoms with E-state index in [1.165, 1.54) is 19.6 Å². The van der Waals surface area contributed by atoms with Gasteiger partial charge in [0.1, 0.15) is 12.4 Å². The molecule has 0 spiro atoms. The van der Waals surface area contributed by atoms with E-state index in [2.05, 4.69) is 9.46 Å². The average Bonchev–Trinajstić information content (AvgIpc) is 2.90. The molecule has 1 atom stereocenters. The lowest BCUT2D eigenvalue weighted by molar-refractivity contribution is -0.871. The fourth-order valence-electron chi connectivity index (χ4n) is 1.93. The van der Waals surface area contributed by atoms with Crippen LogP contribution in [0.5, 0.6) is 0 Å². The molecule has 0 aliphatic heterocycles. The number of aryl methyl sites for hydroxylation is 1. The van der Waals surface area contributed by atoms with E-state index in [9.17, 15) is 26.4 Å². The summed E-state index contributed by atoms with van der Waals surface area (Å²) >= 11 is 0. The molecule has 0 aromatic carbocycles. The number of aromatic nitrogens is 2. The second-order valence-electron chi connectivity index (χ2n) is 6.88. The minimum absolute atomic E-state index is 0. The van der Waals surface area contributed by atoms with E-state index >= 15 is 0 Å². The molecule has 1 aromatic heterocycles. The maximum absolute atomic E-state index is 12.3. The zero-order valence-electron chi connectivity index (χ0n) is 16.8. The van der Waals surface area contributed by atoms with Crippen molar-refractivity contribution in [2.24, 2.45) is 7.05 Å². The molecule has 0 saturated heterocycles. The maximum Gasteiger partial charge on any atom is 0.485 e. The number of esters is 1. The molecule has 0 aliphatic rings. The summed E-state index contributed by atoms with van der Waals surface area (Å²) in [5.41, 5.74) is -5.65. The number of carbonyl (C=O) groups is 1. The van der Waals surface area contributed by atoms with E-state index in [0.29, 0.717) is 11.0 Å². The topological polar surface area (TPSA) is 138 Å². The molecule has 11 nitrogen and oxygen atoms in total. The lowest BCUT2D eigenvalue weighted by Crippen LogP contribution is -3.00. The van der Waals surface area contributed by atoms with Crippen molar-refractivity contribution in [3.63, 3.8) is 0 Å². The van der Waals surface area contributed by atoms with Crippen molar-refractivity contribution in [3.05, 3.63) is 18.7 Å². The first kappa shape index (κ1) is 30.7. The normalized spacial score (nSPS) is 13.5. The highest BCUT2D eigenvalue weighted by Gasteiger charge is 2.37. The first-order chi connectivity index (χ1) is 12.8. The number of imidazole rings is 1. The number of hydrogen-bond acceptors (Lipinski definition) is 7. The van der Waals surface area contributed by atoms with Gasteiger partial charge in [0.15, 0.2) is 10.1 Å². The van der Waals surface area contributed by atoms with Crippen LogP contribution in [0.1, 0.15) is 6.42 Å². The van der Waals surface area contributed by atoms with Crippen molar-refractivity contribution in [2.75, 3.05) is 34.8 Å². The fraction of sp³-hybridized carbons (Fsp3) is 0.692. The third-order valence-corrected chi connectivity index (χ3v) is 5.00. The van der Waals surface area contributed by atoms with Gasteiger partial charge in [0.2, 0.25) is 0 Å². The molecule has 1 heterocycles. The first-order valence-corrected chi connectivity index (χ1v) is 10.6. The molecular formula is C13H24ClF3N4O7S2. The number of carbonyl (C=O) groups excluding carboxylic acids is 1. The Kier molecular flexibility index (Phi) is 11.5. The quantitative estimate of drug-likeness (QED) is 0.130. The Bertz CT molecular complexity index is 897. The summed E-state index contributed by atoms with van der Waals surface area (Å²) in [6.07, 6.45) is 4.47. The van der Waals surface area contributed by atoms with E-state index < -0.39 is 37.8 Å². The first-order valence-electron chi connectivity index (χ1n) is 7.74. The van der Waals surface area contributed by atoms with Crippen LogP contribution in [0.15, 0.2) is 18.7 Å². The SMILES string of the molecule is COC(=O)CC(C[N+](C)(C)C)NS(=O)(=O)n1cc[n+](C)c1.O=S(=O)([O-])C(F)(F)F.[Cl-]. The number of ether oxygens (including phenoxy) is 1. The highest BCUT2D eigenvalue weighted by molar-refractivity contribution is 7.88. The molecule has 1 aromatic rings. The van der Waals surface area contributed by atoms with Crippen LogP contribution in [0.3, 0.4) is 0 Å². The van der Waals surface area contributed by atoms with Gasteiger partial charge < -0.3 is 26.2 Å². The molecule has 0 fully saturated rings. The molecule has 0 saturated carbocycles. The number of quaternary nitrogens is 1. The average molecular weight is 505 g/mol. The smallest absolute Gasteiger partial charge is 0.485 e. The van der Waals surface area contributed by atoms with Gasteiger partial charge in [-0.25, -0.2) is 13.0 Å². The number of hydrogen-bond donors (Lipinski definition) is 1. The Labute approximate surface area is 179 Å². The third kappa shape index (κ3) is 11.7. The molecular weight excluding hydrogens is 481 g/mol. The molecule has 17 heteroatoms. The highest BCUT2D eigenvalue weighted by Crippen LogP contribution is 2.20. The lowest BCUT2D eigenvalue weighted by atomic mass is 10.2. The molecule has 0 bridgehead atoms. The highest BCUT2D eigenvalue weighted by atomic mass is 35.5. The maximum atomic E-state index is 12.3. The van der Waals surface area contributed by atoms with Crippen molar-refractivity contribution >= 4 is 26.3 Å². The predicted octanol–water partition coefficient (Wildman–Crippen LogP) is -4.31. The van der Waals surface area contributed by atoms with E-state index in [1.54, 1.807) is 17.8 Å². The summed E-state index contributed by atoms with van der Waals surface area (Å²) in [7, 11) is -1.04. The number of alkyl halides is 3. The predicted molar refractivity (Wildman–Crippen MR) is 92.1 cm³/mol. The van der Waals surface area contributed by atoms with Crippen molar-refractivity contribution in [1.29, 1.82) is 0 Å². The Morgan fingerprint density at radius 1 is 1.27 bits per heavy atom. The summed E-state index contributed by atoms with van der Waals surface area (Å²) in [6, 6.07) is -0.546. The summed E-state index contributed by atoms with van der Waals surface area (Å²) < 4.78 is 93.9. The monoisotopic (exact) mass is 504 g/mol. The second kappa shape index (κ2) is 11.2. The molecule has 30 heavy (non-hydrogen) atoms. The minimum Gasteiger partial charge on any atom is -1.00 e. The van der Waals surface area contributed by atoms with Crippen LogP contribution in [0.4, 0.5) is 13.2 Å². The van der Waals surface area contributed by atoms with Gasteiger partial charge in [-0.05, 0) is 0 Å². The Hall–Kier alpha value is -1.46. The minimum atomic E-state index is -6.09. The molecule has 178 valence electrons. The number of rotatable bonds is 7. The van der Waals surface area contributed by atoms with Gasteiger partial charge in [0.25, 0.3) is 6.33 Å². The van der Waals surface area contributed by atoms with Crippen molar-refractivity contribution in [3.8, 4) is 0 Å². The Balaban J connectivity index is 0. The third-order valence-electron chi connectivity index (χ3n) is 3.03. The zero-order valence-corrected chi connectivity index (χ0v) is 19.1. The summed E-state index contributed by atoms with van der Waals surface area (Å²) in [6.45, 7) is 0.460. The van der Waals surface area contributed by atoms with Gasteiger partial charge in [-0.15, -0.1) is 3.97 Å². The summed E-state index contributed by atoms with van der Waals surface area (Å²) in [4.78, 5) is 11.5. The number of methoxy groups -OCH3 is 1. The Morgan fingerprint density at radius 3 is 2.03 bits per heavy atom. The molecule has 1 N–H and O–H groups in total. The van der Waals surface area contributed by atoms with Crippen LogP contribution in [0.2, 0.25) is 0 Å². The second-order valence-corrected chi connectivity index (χ2v) is 9.86. The van der Waals surface area contributed by atoms with Crippen LogP contribution < -0.4 is 21.7 Å². The summed E-state index contributed by atoms with van der Waals surface area (Å²) in [5.74, 6) is -0.450. The number of likely N-dealkylation sites (N-methyl/N-ethyl adjacent to an activating group) is 1. The van der Waals surface area contributed by atoms with Crippen molar-refractivity contribution in [1.82, 2.24) is 8.69 Å². The van der Waals surface area contributed by atoms with Crippen molar-refractivity contribution < 1.29 is 65.5 Å². The molecule has 0 aliphatic carbocycles. The van der Waals surface area contributed by atoms with Crippen LogP contribution >= 0.6 is 0 Å². The van der Waals surface area contributed by atoms with Gasteiger partial charge >= 0.3 is 21.7 Å². The van der Waals surface area contributed by atoms with E-state index in [-0.39, 0.29) is 18.8 Å². The van der Waals surface area contributed by atoms with Gasteiger partial charge in [-0.1, -0.05) is 0 Å². The fourth-order valence-corrected chi connectivity index (χ4v) is 3.12. The van der Waals surface area contributed by atoms with Crippen LogP contribution in [-0.2, 0) is 36.9 Å². The number of nitrogens with zero attached hydrogens (tertiary/aromatic N) is 3. The van der Waals surface area contributed by atoms with Crippen molar-refractivity contribution in [2.45, 2.75) is 18.0 Å². The summed E-state index contributed by atoms with van der Waals surface area (Å²) in [5, 5.41) is 0. The standard InChI is InChI=1S/C12H24N4O4S.CHF3O3S.ClH/c1-14-6-7-15(10-14)21(18,19)13-11(8-12(17)20-5)9-16(2,3)4;2-1(3,4)8(5,6)7;/h6-7,10-11,13H,8-9H2,1-5H3;(H,5,6,7);1H/q+2;;/p-2. The lowest BCUT2D eigenvalue weighted by Gasteiger charge is -2.28. The zero-order chi connectivity index (χ0) is 23.3. The molecule has 0 amide bonds. The number of halogens is 4. The number of nitrogens with one attached hydrogen (secondary N) is 1. The van der Waals surface area contributed by atoms with E-state index in [4.69, 9.17) is 13.0 Å². The van der Waals surface area contributed by atoms with E-state index in [1.807, 2.05) is 21.1 Å². The van der Waals surface area contributed by atoms with Crippen LogP contribution in [-0.4, -0.2) is 82.2 Å². The van der Waals surface area contributed by atoms with Gasteiger partial charge in [-0.2, -0.15) is 26.3 Å². The van der Waals surface area contributed by atoms with Gasteiger partial charge in [0.05, 0.1) is 54.3 Å². The molecule has 1 unspecified atom stereocenters. The van der Waals surface area contributed by atoms with Crippen LogP contribution in [0.25, 0.3) is 0 Å². The van der Waals surface area contributed by atoms with Crippen LogP contribution in [0, 0.1) is 0 Å². The molecule has 0 radical (unpaired) electrons.